The fourth-order valence-corrected chi connectivity index (χ4v) is 3.04. The lowest BCUT2D eigenvalue weighted by Gasteiger charge is -2.23. The Kier molecular flexibility index (Phi) is 5.22. The summed E-state index contributed by atoms with van der Waals surface area (Å²) >= 11 is 3.44. The van der Waals surface area contributed by atoms with Crippen LogP contribution in [0, 0.1) is 5.92 Å². The zero-order valence-electron chi connectivity index (χ0n) is 14.4. The van der Waals surface area contributed by atoms with Crippen LogP contribution in [0.1, 0.15) is 32.4 Å². The largest absolute Gasteiger partial charge is 0.447 e. The van der Waals surface area contributed by atoms with Crippen LogP contribution >= 0.6 is 15.9 Å². The lowest BCUT2D eigenvalue weighted by molar-refractivity contribution is 0.177. The summed E-state index contributed by atoms with van der Waals surface area (Å²) in [5, 5.41) is 3.28. The molecule has 25 heavy (non-hydrogen) atoms. The number of cyclic esters (lactones) is 1. The Morgan fingerprint density at radius 3 is 2.64 bits per heavy atom. The van der Waals surface area contributed by atoms with E-state index in [-0.39, 0.29) is 24.1 Å². The van der Waals surface area contributed by atoms with Gasteiger partial charge in [0, 0.05) is 10.7 Å². The molecule has 2 atom stereocenters. The quantitative estimate of drug-likeness (QED) is 0.799. The molecule has 1 aliphatic rings. The van der Waals surface area contributed by atoms with Gasteiger partial charge in [0.2, 0.25) is 5.95 Å². The first-order valence-electron chi connectivity index (χ1n) is 8.26. The van der Waals surface area contributed by atoms with Gasteiger partial charge in [0.1, 0.15) is 12.4 Å². The van der Waals surface area contributed by atoms with E-state index >= 15 is 0 Å². The van der Waals surface area contributed by atoms with E-state index in [4.69, 9.17) is 4.74 Å². The van der Waals surface area contributed by atoms with E-state index in [1.165, 1.54) is 0 Å². The van der Waals surface area contributed by atoms with Crippen LogP contribution < -0.4 is 10.2 Å². The van der Waals surface area contributed by atoms with Crippen molar-refractivity contribution in [2.45, 2.75) is 32.9 Å². The number of aromatic nitrogens is 2. The van der Waals surface area contributed by atoms with E-state index in [1.54, 1.807) is 17.2 Å². The number of amides is 1. The Bertz CT molecular complexity index is 751. The first-order chi connectivity index (χ1) is 12.0. The summed E-state index contributed by atoms with van der Waals surface area (Å²) in [6.07, 6.45) is 1.30. The van der Waals surface area contributed by atoms with E-state index in [0.29, 0.717) is 18.4 Å². The molecule has 0 saturated carbocycles. The molecular weight excluding hydrogens is 384 g/mol. The molecule has 1 aromatic heterocycles. The van der Waals surface area contributed by atoms with Gasteiger partial charge >= 0.3 is 6.09 Å². The first kappa shape index (κ1) is 17.7. The number of nitrogens with one attached hydrogen (secondary N) is 1. The van der Waals surface area contributed by atoms with Crippen LogP contribution in [0.2, 0.25) is 0 Å². The van der Waals surface area contributed by atoms with E-state index in [0.717, 1.165) is 10.0 Å². The summed E-state index contributed by atoms with van der Waals surface area (Å²) in [4.78, 5) is 22.5. The summed E-state index contributed by atoms with van der Waals surface area (Å²) in [5.41, 5.74) is 1.12. The predicted octanol–water partition coefficient (Wildman–Crippen LogP) is 4.39. The third kappa shape index (κ3) is 3.92. The zero-order chi connectivity index (χ0) is 18.0. The smallest absolute Gasteiger partial charge is 0.415 e. The number of carbonyl (C=O) groups excluding carboxylic acids is 1. The van der Waals surface area contributed by atoms with Gasteiger partial charge in [-0.25, -0.2) is 9.78 Å². The molecule has 0 radical (unpaired) electrons. The molecule has 1 aliphatic heterocycles. The Morgan fingerprint density at radius 2 is 1.96 bits per heavy atom. The number of anilines is 2. The van der Waals surface area contributed by atoms with Crippen molar-refractivity contribution in [3.63, 3.8) is 0 Å². The van der Waals surface area contributed by atoms with Crippen LogP contribution in [0.15, 0.2) is 41.0 Å². The summed E-state index contributed by atoms with van der Waals surface area (Å²) in [7, 11) is 0. The summed E-state index contributed by atoms with van der Waals surface area (Å²) in [5.74, 6) is 1.32. The molecule has 0 spiro atoms. The monoisotopic (exact) mass is 404 g/mol. The molecular formula is C18H21BrN4O2. The van der Waals surface area contributed by atoms with E-state index < -0.39 is 0 Å². The van der Waals surface area contributed by atoms with Gasteiger partial charge in [-0.15, -0.1) is 0 Å². The second-order valence-electron chi connectivity index (χ2n) is 6.41. The van der Waals surface area contributed by atoms with E-state index in [1.807, 2.05) is 31.2 Å². The molecule has 1 unspecified atom stereocenters. The third-order valence-corrected chi connectivity index (χ3v) is 4.81. The van der Waals surface area contributed by atoms with Crippen LogP contribution in [-0.2, 0) is 4.74 Å². The second-order valence-corrected chi connectivity index (χ2v) is 7.33. The molecule has 1 aromatic carbocycles. The van der Waals surface area contributed by atoms with Crippen LogP contribution in [-0.4, -0.2) is 28.7 Å². The topological polar surface area (TPSA) is 67.3 Å². The summed E-state index contributed by atoms with van der Waals surface area (Å²) in [6.45, 7) is 6.56. The molecule has 1 saturated heterocycles. The standard InChI is InChI=1S/C18H21BrN4O2/c1-11(2)15-10-25-18(24)23(15)16-8-9-20-17(22-16)21-12(3)13-4-6-14(19)7-5-13/h4-9,11-12,15H,10H2,1-3H3,(H,20,21,22)/t12-,15?/m0/s1. The van der Waals surface area contributed by atoms with Gasteiger partial charge in [-0.2, -0.15) is 4.98 Å². The highest BCUT2D eigenvalue weighted by Gasteiger charge is 2.37. The average molecular weight is 405 g/mol. The third-order valence-electron chi connectivity index (χ3n) is 4.28. The highest BCUT2D eigenvalue weighted by molar-refractivity contribution is 9.10. The van der Waals surface area contributed by atoms with Crippen LogP contribution in [0.3, 0.4) is 0 Å². The van der Waals surface area contributed by atoms with Gasteiger partial charge in [0.15, 0.2) is 0 Å². The minimum atomic E-state index is -0.357. The summed E-state index contributed by atoms with van der Waals surface area (Å²) in [6, 6.07) is 9.83. The number of ether oxygens (including phenoxy) is 1. The number of hydrogen-bond donors (Lipinski definition) is 1. The highest BCUT2D eigenvalue weighted by Crippen LogP contribution is 2.26. The minimum Gasteiger partial charge on any atom is -0.447 e. The number of hydrogen-bond acceptors (Lipinski definition) is 5. The molecule has 3 rings (SSSR count). The molecule has 1 N–H and O–H groups in total. The Labute approximate surface area is 155 Å². The minimum absolute atomic E-state index is 0.0147. The molecule has 132 valence electrons. The average Bonchev–Trinajstić information content (AvgIpc) is 2.97. The SMILES string of the molecule is CC(C)C1COC(=O)N1c1ccnc(N[C@@H](C)c2ccc(Br)cc2)n1. The van der Waals surface area contributed by atoms with Crippen LogP contribution in [0.4, 0.5) is 16.6 Å². The number of benzene rings is 1. The highest BCUT2D eigenvalue weighted by atomic mass is 79.9. The van der Waals surface area contributed by atoms with Crippen molar-refractivity contribution in [1.29, 1.82) is 0 Å². The molecule has 2 heterocycles. The van der Waals surface area contributed by atoms with Crippen molar-refractivity contribution in [1.82, 2.24) is 9.97 Å². The van der Waals surface area contributed by atoms with Gasteiger partial charge < -0.3 is 10.1 Å². The van der Waals surface area contributed by atoms with Crippen LogP contribution in [0.25, 0.3) is 0 Å². The first-order valence-corrected chi connectivity index (χ1v) is 9.06. The summed E-state index contributed by atoms with van der Waals surface area (Å²) < 4.78 is 6.23. The van der Waals surface area contributed by atoms with Gasteiger partial charge in [-0.05, 0) is 36.6 Å². The lowest BCUT2D eigenvalue weighted by atomic mass is 10.0. The molecule has 7 heteroatoms. The Balaban J connectivity index is 1.79. The number of carbonyl (C=O) groups is 1. The van der Waals surface area contributed by atoms with Crippen molar-refractivity contribution >= 4 is 33.8 Å². The lowest BCUT2D eigenvalue weighted by Crippen LogP contribution is -2.37. The van der Waals surface area contributed by atoms with Gasteiger partial charge in [-0.3, -0.25) is 4.90 Å². The Morgan fingerprint density at radius 1 is 1.24 bits per heavy atom. The van der Waals surface area contributed by atoms with Crippen molar-refractivity contribution in [2.75, 3.05) is 16.8 Å². The van der Waals surface area contributed by atoms with Gasteiger partial charge in [-0.1, -0.05) is 41.9 Å². The fourth-order valence-electron chi connectivity index (χ4n) is 2.77. The molecule has 1 amide bonds. The maximum Gasteiger partial charge on any atom is 0.415 e. The molecule has 6 nitrogen and oxygen atoms in total. The maximum atomic E-state index is 12.1. The van der Waals surface area contributed by atoms with Gasteiger partial charge in [0.25, 0.3) is 0 Å². The predicted molar refractivity (Wildman–Crippen MR) is 101 cm³/mol. The number of nitrogens with zero attached hydrogens (tertiary/aromatic N) is 3. The van der Waals surface area contributed by atoms with Crippen molar-refractivity contribution in [2.24, 2.45) is 5.92 Å². The molecule has 2 aromatic rings. The van der Waals surface area contributed by atoms with E-state index in [9.17, 15) is 4.79 Å². The van der Waals surface area contributed by atoms with Crippen molar-refractivity contribution in [3.05, 3.63) is 46.6 Å². The molecule has 0 aliphatic carbocycles. The molecule has 1 fully saturated rings. The van der Waals surface area contributed by atoms with Crippen molar-refractivity contribution in [3.8, 4) is 0 Å². The van der Waals surface area contributed by atoms with E-state index in [2.05, 4.69) is 45.1 Å². The number of halogens is 1. The fraction of sp³-hybridized carbons (Fsp3) is 0.389. The molecule has 0 bridgehead atoms. The Hall–Kier alpha value is -2.15. The maximum absolute atomic E-state index is 12.1. The van der Waals surface area contributed by atoms with Gasteiger partial charge in [0.05, 0.1) is 12.1 Å². The number of rotatable bonds is 5. The second kappa shape index (κ2) is 7.39. The normalized spacial score (nSPS) is 18.4. The van der Waals surface area contributed by atoms with Crippen molar-refractivity contribution < 1.29 is 9.53 Å². The zero-order valence-corrected chi connectivity index (χ0v) is 16.0. The van der Waals surface area contributed by atoms with Crippen LogP contribution in [0.5, 0.6) is 0 Å².